The lowest BCUT2D eigenvalue weighted by Crippen LogP contribution is -2.55. The van der Waals surface area contributed by atoms with Crippen LogP contribution in [0.15, 0.2) is 47.1 Å². The van der Waals surface area contributed by atoms with Gasteiger partial charge in [-0.15, -0.1) is 11.8 Å². The van der Waals surface area contributed by atoms with E-state index in [9.17, 15) is 14.0 Å². The van der Waals surface area contributed by atoms with Gasteiger partial charge >= 0.3 is 0 Å². The molecule has 0 radical (unpaired) electrons. The number of hydrogen-bond acceptors (Lipinski definition) is 4. The van der Waals surface area contributed by atoms with E-state index in [1.165, 1.54) is 23.9 Å². The molecule has 144 valence electrons. The number of nitrogens with one attached hydrogen (secondary N) is 2. The molecular formula is C20H23FN2O3S. The molecule has 2 amide bonds. The molecule has 27 heavy (non-hydrogen) atoms. The molecule has 1 fully saturated rings. The number of furan rings is 1. The highest BCUT2D eigenvalue weighted by Crippen LogP contribution is 2.22. The second kappa shape index (κ2) is 9.08. The Hall–Kier alpha value is -2.28. The van der Waals surface area contributed by atoms with Gasteiger partial charge in [0.15, 0.2) is 0 Å². The van der Waals surface area contributed by atoms with Crippen molar-refractivity contribution in [3.8, 4) is 0 Å². The largest absolute Gasteiger partial charge is 0.469 e. The Bertz CT molecular complexity index is 764. The fraction of sp³-hybridized carbons (Fsp3) is 0.400. The zero-order valence-corrected chi connectivity index (χ0v) is 15.9. The standard InChI is InChI=1S/C20H23FN2O3S/c1-13(4-9-16-3-2-10-26-16)22-19(24)17-12-27-18(20(25)23-17)11-14-5-7-15(21)8-6-14/h2-3,5-8,10,13,17-18H,4,9,11-12H2,1H3,(H,22,24)(H,23,25)/t13-,17+,18+/m1/s1. The number of hydrogen-bond donors (Lipinski definition) is 2. The average molecular weight is 390 g/mol. The molecule has 1 aliphatic heterocycles. The summed E-state index contributed by atoms with van der Waals surface area (Å²) in [6.45, 7) is 1.94. The maximum atomic E-state index is 13.0. The first kappa shape index (κ1) is 19.5. The van der Waals surface area contributed by atoms with Gasteiger partial charge in [-0.1, -0.05) is 12.1 Å². The fourth-order valence-electron chi connectivity index (χ4n) is 2.95. The van der Waals surface area contributed by atoms with Crippen molar-refractivity contribution in [1.29, 1.82) is 0 Å². The molecule has 5 nitrogen and oxygen atoms in total. The molecule has 2 aromatic rings. The van der Waals surface area contributed by atoms with Gasteiger partial charge in [0, 0.05) is 18.2 Å². The first-order valence-electron chi connectivity index (χ1n) is 9.00. The molecule has 0 bridgehead atoms. The van der Waals surface area contributed by atoms with E-state index in [0.717, 1.165) is 24.2 Å². The van der Waals surface area contributed by atoms with Crippen molar-refractivity contribution in [2.24, 2.45) is 0 Å². The second-order valence-electron chi connectivity index (χ2n) is 6.74. The Kier molecular flexibility index (Phi) is 6.55. The summed E-state index contributed by atoms with van der Waals surface area (Å²) in [5.74, 6) is 0.801. The number of amides is 2. The van der Waals surface area contributed by atoms with E-state index >= 15 is 0 Å². The van der Waals surface area contributed by atoms with E-state index in [1.807, 2.05) is 19.1 Å². The lowest BCUT2D eigenvalue weighted by Gasteiger charge is -2.29. The molecule has 2 N–H and O–H groups in total. The minimum absolute atomic E-state index is 0.0126. The van der Waals surface area contributed by atoms with Crippen LogP contribution < -0.4 is 10.6 Å². The molecule has 3 rings (SSSR count). The van der Waals surface area contributed by atoms with E-state index in [2.05, 4.69) is 10.6 Å². The Balaban J connectivity index is 1.44. The van der Waals surface area contributed by atoms with Crippen molar-refractivity contribution < 1.29 is 18.4 Å². The highest BCUT2D eigenvalue weighted by atomic mass is 32.2. The maximum Gasteiger partial charge on any atom is 0.243 e. The van der Waals surface area contributed by atoms with Crippen LogP contribution in [-0.4, -0.2) is 34.9 Å². The molecule has 0 unspecified atom stereocenters. The summed E-state index contributed by atoms with van der Waals surface area (Å²) in [6, 6.07) is 9.36. The van der Waals surface area contributed by atoms with E-state index in [0.29, 0.717) is 12.2 Å². The van der Waals surface area contributed by atoms with Crippen molar-refractivity contribution in [3.63, 3.8) is 0 Å². The Labute approximate surface area is 162 Å². The maximum absolute atomic E-state index is 13.0. The Morgan fingerprint density at radius 1 is 1.37 bits per heavy atom. The van der Waals surface area contributed by atoms with Gasteiger partial charge < -0.3 is 15.1 Å². The van der Waals surface area contributed by atoms with Crippen LogP contribution in [0.25, 0.3) is 0 Å². The molecule has 1 aromatic carbocycles. The fourth-order valence-corrected chi connectivity index (χ4v) is 4.14. The van der Waals surface area contributed by atoms with Crippen LogP contribution in [0.4, 0.5) is 4.39 Å². The summed E-state index contributed by atoms with van der Waals surface area (Å²) < 4.78 is 18.3. The Morgan fingerprint density at radius 2 is 2.15 bits per heavy atom. The van der Waals surface area contributed by atoms with Crippen molar-refractivity contribution in [3.05, 3.63) is 59.8 Å². The summed E-state index contributed by atoms with van der Waals surface area (Å²) in [5.41, 5.74) is 0.901. The zero-order valence-electron chi connectivity index (χ0n) is 15.1. The van der Waals surface area contributed by atoms with Gasteiger partial charge in [0.1, 0.15) is 17.6 Å². The van der Waals surface area contributed by atoms with Gasteiger partial charge in [-0.05, 0) is 49.6 Å². The number of benzene rings is 1. The van der Waals surface area contributed by atoms with Crippen LogP contribution in [0.2, 0.25) is 0 Å². The molecule has 1 saturated heterocycles. The minimum Gasteiger partial charge on any atom is -0.469 e. The normalized spacial score (nSPS) is 20.7. The number of rotatable bonds is 7. The van der Waals surface area contributed by atoms with Gasteiger partial charge in [0.05, 0.1) is 11.5 Å². The van der Waals surface area contributed by atoms with E-state index in [-0.39, 0.29) is 28.9 Å². The SMILES string of the molecule is C[C@H](CCc1ccco1)NC(=O)[C@@H]1CS[C@@H](Cc2ccc(F)cc2)C(=O)N1. The number of carbonyl (C=O) groups is 2. The van der Waals surface area contributed by atoms with Crippen molar-refractivity contribution >= 4 is 23.6 Å². The third kappa shape index (κ3) is 5.60. The van der Waals surface area contributed by atoms with E-state index in [1.54, 1.807) is 18.4 Å². The van der Waals surface area contributed by atoms with E-state index in [4.69, 9.17) is 4.42 Å². The van der Waals surface area contributed by atoms with E-state index < -0.39 is 6.04 Å². The summed E-state index contributed by atoms with van der Waals surface area (Å²) in [4.78, 5) is 24.8. The smallest absolute Gasteiger partial charge is 0.243 e. The molecule has 0 spiro atoms. The molecule has 1 aromatic heterocycles. The zero-order chi connectivity index (χ0) is 19.2. The highest BCUT2D eigenvalue weighted by molar-refractivity contribution is 8.00. The lowest BCUT2D eigenvalue weighted by molar-refractivity contribution is -0.129. The summed E-state index contributed by atoms with van der Waals surface area (Å²) in [6.07, 6.45) is 3.67. The van der Waals surface area contributed by atoms with Gasteiger partial charge in [-0.2, -0.15) is 0 Å². The first-order chi connectivity index (χ1) is 13.0. The van der Waals surface area contributed by atoms with Crippen LogP contribution >= 0.6 is 11.8 Å². The minimum atomic E-state index is -0.530. The summed E-state index contributed by atoms with van der Waals surface area (Å²) >= 11 is 1.46. The average Bonchev–Trinajstić information content (AvgIpc) is 3.17. The van der Waals surface area contributed by atoms with Crippen molar-refractivity contribution in [2.75, 3.05) is 5.75 Å². The molecule has 2 heterocycles. The highest BCUT2D eigenvalue weighted by Gasteiger charge is 2.32. The van der Waals surface area contributed by atoms with Crippen LogP contribution in [-0.2, 0) is 22.4 Å². The number of thioether (sulfide) groups is 1. The first-order valence-corrected chi connectivity index (χ1v) is 10.1. The van der Waals surface area contributed by atoms with Gasteiger partial charge in [0.25, 0.3) is 0 Å². The quantitative estimate of drug-likeness (QED) is 0.763. The molecular weight excluding hydrogens is 367 g/mol. The number of halogens is 1. The lowest BCUT2D eigenvalue weighted by atomic mass is 10.1. The number of carbonyl (C=O) groups excluding carboxylic acids is 2. The Morgan fingerprint density at radius 3 is 2.81 bits per heavy atom. The number of aryl methyl sites for hydroxylation is 1. The van der Waals surface area contributed by atoms with Gasteiger partial charge in [-0.25, -0.2) is 4.39 Å². The summed E-state index contributed by atoms with van der Waals surface area (Å²) in [5, 5.41) is 5.49. The van der Waals surface area contributed by atoms with Crippen LogP contribution in [0.1, 0.15) is 24.7 Å². The van der Waals surface area contributed by atoms with Gasteiger partial charge in [0.2, 0.25) is 11.8 Å². The molecule has 0 aliphatic carbocycles. The van der Waals surface area contributed by atoms with Crippen molar-refractivity contribution in [1.82, 2.24) is 10.6 Å². The van der Waals surface area contributed by atoms with Crippen molar-refractivity contribution in [2.45, 2.75) is 43.5 Å². The van der Waals surface area contributed by atoms with Gasteiger partial charge in [-0.3, -0.25) is 9.59 Å². The van der Waals surface area contributed by atoms with Crippen LogP contribution in [0, 0.1) is 5.82 Å². The van der Waals surface area contributed by atoms with Crippen LogP contribution in [0.3, 0.4) is 0 Å². The second-order valence-corrected chi connectivity index (χ2v) is 7.98. The monoisotopic (exact) mass is 390 g/mol. The molecule has 1 aliphatic rings. The molecule has 3 atom stereocenters. The summed E-state index contributed by atoms with van der Waals surface area (Å²) in [7, 11) is 0. The third-order valence-electron chi connectivity index (χ3n) is 4.52. The predicted molar refractivity (Wildman–Crippen MR) is 103 cm³/mol. The topological polar surface area (TPSA) is 71.3 Å². The van der Waals surface area contributed by atoms with Crippen LogP contribution in [0.5, 0.6) is 0 Å². The molecule has 7 heteroatoms. The third-order valence-corrected chi connectivity index (χ3v) is 5.83. The predicted octanol–water partition coefficient (Wildman–Crippen LogP) is 2.70. The molecule has 0 saturated carbocycles.